The zero-order chi connectivity index (χ0) is 17.9. The standard InChI is InChI=1S/C14H16BrF4NO3/c1-4-23-13(22)9(5-7(2)3)20-6-8(15)10(14(17,18)19)11(16)12(20)21/h6-7,9H,4-5H2,1-3H3. The van der Waals surface area contributed by atoms with E-state index in [0.717, 1.165) is 6.20 Å². The van der Waals surface area contributed by atoms with Crippen LogP contribution in [0, 0.1) is 11.7 Å². The first kappa shape index (κ1) is 19.7. The minimum atomic E-state index is -5.03. The summed E-state index contributed by atoms with van der Waals surface area (Å²) in [5, 5.41) is 0. The molecule has 0 spiro atoms. The van der Waals surface area contributed by atoms with Crippen molar-refractivity contribution in [1.29, 1.82) is 0 Å². The van der Waals surface area contributed by atoms with Crippen molar-refractivity contribution in [3.05, 3.63) is 32.4 Å². The summed E-state index contributed by atoms with van der Waals surface area (Å²) in [7, 11) is 0. The Morgan fingerprint density at radius 2 is 1.96 bits per heavy atom. The summed E-state index contributed by atoms with van der Waals surface area (Å²) < 4.78 is 57.2. The minimum absolute atomic E-state index is 0.0342. The van der Waals surface area contributed by atoms with E-state index in [1.807, 2.05) is 0 Å². The number of nitrogens with zero attached hydrogens (tertiary/aromatic N) is 1. The van der Waals surface area contributed by atoms with Crippen LogP contribution in [-0.4, -0.2) is 17.1 Å². The van der Waals surface area contributed by atoms with Gasteiger partial charge in [0.25, 0.3) is 5.56 Å². The molecule has 9 heteroatoms. The van der Waals surface area contributed by atoms with Crippen molar-refractivity contribution in [3.8, 4) is 0 Å². The SMILES string of the molecule is CCOC(=O)C(CC(C)C)n1cc(Br)c(C(F)(F)F)c(F)c1=O. The maximum atomic E-state index is 13.9. The maximum absolute atomic E-state index is 13.9. The molecule has 23 heavy (non-hydrogen) atoms. The Labute approximate surface area is 138 Å². The first-order chi connectivity index (χ1) is 10.5. The highest BCUT2D eigenvalue weighted by Crippen LogP contribution is 2.36. The van der Waals surface area contributed by atoms with Crippen LogP contribution < -0.4 is 5.56 Å². The summed E-state index contributed by atoms with van der Waals surface area (Å²) in [6.07, 6.45) is -4.13. The fraction of sp³-hybridized carbons (Fsp3) is 0.571. The molecule has 0 radical (unpaired) electrons. The molecule has 0 aromatic carbocycles. The molecule has 0 bridgehead atoms. The van der Waals surface area contributed by atoms with Crippen molar-refractivity contribution in [1.82, 2.24) is 4.57 Å². The molecule has 1 heterocycles. The van der Waals surface area contributed by atoms with E-state index in [2.05, 4.69) is 15.9 Å². The second kappa shape index (κ2) is 7.46. The number of rotatable bonds is 5. The average Bonchev–Trinajstić information content (AvgIpc) is 2.39. The van der Waals surface area contributed by atoms with E-state index in [0.29, 0.717) is 4.57 Å². The molecule has 1 unspecified atom stereocenters. The van der Waals surface area contributed by atoms with Gasteiger partial charge in [-0.3, -0.25) is 9.36 Å². The molecule has 0 saturated carbocycles. The largest absolute Gasteiger partial charge is 0.464 e. The van der Waals surface area contributed by atoms with Gasteiger partial charge in [-0.15, -0.1) is 0 Å². The zero-order valence-corrected chi connectivity index (χ0v) is 14.3. The van der Waals surface area contributed by atoms with E-state index < -0.39 is 39.6 Å². The number of pyridine rings is 1. The topological polar surface area (TPSA) is 48.3 Å². The molecule has 0 N–H and O–H groups in total. The van der Waals surface area contributed by atoms with Gasteiger partial charge in [0, 0.05) is 10.7 Å². The van der Waals surface area contributed by atoms with Crippen molar-refractivity contribution < 1.29 is 27.1 Å². The van der Waals surface area contributed by atoms with E-state index in [1.165, 1.54) is 0 Å². The number of ether oxygens (including phenoxy) is 1. The van der Waals surface area contributed by atoms with Gasteiger partial charge in [0.2, 0.25) is 5.82 Å². The molecular weight excluding hydrogens is 386 g/mol. The van der Waals surface area contributed by atoms with Gasteiger partial charge in [-0.25, -0.2) is 9.18 Å². The predicted molar refractivity (Wildman–Crippen MR) is 78.5 cm³/mol. The lowest BCUT2D eigenvalue weighted by atomic mass is 10.0. The van der Waals surface area contributed by atoms with Gasteiger partial charge in [-0.2, -0.15) is 13.2 Å². The van der Waals surface area contributed by atoms with E-state index in [1.54, 1.807) is 20.8 Å². The van der Waals surface area contributed by atoms with Gasteiger partial charge < -0.3 is 4.74 Å². The number of halogens is 5. The fourth-order valence-electron chi connectivity index (χ4n) is 2.07. The van der Waals surface area contributed by atoms with E-state index in [4.69, 9.17) is 4.74 Å². The summed E-state index contributed by atoms with van der Waals surface area (Å²) in [6.45, 7) is 5.10. The maximum Gasteiger partial charge on any atom is 0.420 e. The molecule has 0 aliphatic heterocycles. The number of alkyl halides is 3. The lowest BCUT2D eigenvalue weighted by molar-refractivity contribution is -0.147. The Morgan fingerprint density at radius 1 is 1.39 bits per heavy atom. The predicted octanol–water partition coefficient (Wildman–Crippen LogP) is 3.92. The van der Waals surface area contributed by atoms with Crippen LogP contribution in [0.1, 0.15) is 38.8 Å². The summed E-state index contributed by atoms with van der Waals surface area (Å²) in [6, 6.07) is -1.20. The lowest BCUT2D eigenvalue weighted by Crippen LogP contribution is -2.35. The van der Waals surface area contributed by atoms with Gasteiger partial charge in [0.1, 0.15) is 11.6 Å². The number of hydrogen-bond acceptors (Lipinski definition) is 3. The van der Waals surface area contributed by atoms with Crippen LogP contribution >= 0.6 is 15.9 Å². The Bertz CT molecular complexity index is 640. The molecule has 0 aliphatic rings. The second-order valence-electron chi connectivity index (χ2n) is 5.27. The molecule has 1 rings (SSSR count). The summed E-state index contributed by atoms with van der Waals surface area (Å²) in [4.78, 5) is 24.0. The monoisotopic (exact) mass is 401 g/mol. The van der Waals surface area contributed by atoms with Crippen LogP contribution in [0.2, 0.25) is 0 Å². The fourth-order valence-corrected chi connectivity index (χ4v) is 2.69. The molecule has 0 fully saturated rings. The Kier molecular flexibility index (Phi) is 6.38. The Hall–Kier alpha value is -1.38. The number of carbonyl (C=O) groups is 1. The summed E-state index contributed by atoms with van der Waals surface area (Å²) in [5.74, 6) is -2.82. The highest BCUT2D eigenvalue weighted by Gasteiger charge is 2.39. The number of carbonyl (C=O) groups excluding carboxylic acids is 1. The van der Waals surface area contributed by atoms with Crippen LogP contribution in [0.4, 0.5) is 17.6 Å². The third-order valence-corrected chi connectivity index (χ3v) is 3.61. The van der Waals surface area contributed by atoms with Crippen LogP contribution in [0.15, 0.2) is 15.5 Å². The highest BCUT2D eigenvalue weighted by molar-refractivity contribution is 9.10. The van der Waals surface area contributed by atoms with Gasteiger partial charge in [-0.05, 0) is 35.2 Å². The van der Waals surface area contributed by atoms with Crippen molar-refractivity contribution in [2.24, 2.45) is 5.92 Å². The molecule has 4 nitrogen and oxygen atoms in total. The molecule has 0 aliphatic carbocycles. The first-order valence-electron chi connectivity index (χ1n) is 6.84. The van der Waals surface area contributed by atoms with Crippen molar-refractivity contribution >= 4 is 21.9 Å². The van der Waals surface area contributed by atoms with Crippen LogP contribution in [0.3, 0.4) is 0 Å². The summed E-state index contributed by atoms with van der Waals surface area (Å²) >= 11 is 2.62. The molecule has 0 amide bonds. The lowest BCUT2D eigenvalue weighted by Gasteiger charge is -2.21. The van der Waals surface area contributed by atoms with E-state index >= 15 is 0 Å². The van der Waals surface area contributed by atoms with Gasteiger partial charge >= 0.3 is 12.1 Å². The highest BCUT2D eigenvalue weighted by atomic mass is 79.9. The number of aromatic nitrogens is 1. The Morgan fingerprint density at radius 3 is 2.39 bits per heavy atom. The van der Waals surface area contributed by atoms with Gasteiger partial charge in [-0.1, -0.05) is 13.8 Å². The molecule has 130 valence electrons. The minimum Gasteiger partial charge on any atom is -0.464 e. The molecule has 1 aromatic rings. The van der Waals surface area contributed by atoms with Crippen LogP contribution in [0.25, 0.3) is 0 Å². The third-order valence-electron chi connectivity index (χ3n) is 3.01. The van der Waals surface area contributed by atoms with Crippen molar-refractivity contribution in [3.63, 3.8) is 0 Å². The average molecular weight is 402 g/mol. The second-order valence-corrected chi connectivity index (χ2v) is 6.13. The van der Waals surface area contributed by atoms with Crippen LogP contribution in [-0.2, 0) is 15.7 Å². The first-order valence-corrected chi connectivity index (χ1v) is 7.63. The quantitative estimate of drug-likeness (QED) is 0.554. The van der Waals surface area contributed by atoms with Crippen molar-refractivity contribution in [2.75, 3.05) is 6.61 Å². The molecule has 1 aromatic heterocycles. The van der Waals surface area contributed by atoms with E-state index in [-0.39, 0.29) is 18.9 Å². The molecule has 1 atom stereocenters. The van der Waals surface area contributed by atoms with Gasteiger partial charge in [0.05, 0.1) is 6.61 Å². The normalized spacial score (nSPS) is 13.3. The van der Waals surface area contributed by atoms with Crippen molar-refractivity contribution in [2.45, 2.75) is 39.4 Å². The van der Waals surface area contributed by atoms with Gasteiger partial charge in [0.15, 0.2) is 0 Å². The number of hydrogen-bond donors (Lipinski definition) is 0. The Balaban J connectivity index is 3.50. The summed E-state index contributed by atoms with van der Waals surface area (Å²) in [5.41, 5.74) is -3.20. The molecular formula is C14H16BrF4NO3. The van der Waals surface area contributed by atoms with E-state index in [9.17, 15) is 27.2 Å². The molecule has 0 saturated heterocycles. The van der Waals surface area contributed by atoms with Crippen LogP contribution in [0.5, 0.6) is 0 Å². The third kappa shape index (κ3) is 4.55. The number of esters is 1. The zero-order valence-electron chi connectivity index (χ0n) is 12.7. The smallest absolute Gasteiger partial charge is 0.420 e.